The average Bonchev–Trinajstić information content (AvgIpc) is 2.83. The smallest absolute Gasteiger partial charge is 0.252 e. The van der Waals surface area contributed by atoms with Crippen molar-refractivity contribution in [1.29, 1.82) is 0 Å². The second kappa shape index (κ2) is 4.50. The van der Waals surface area contributed by atoms with Crippen LogP contribution < -0.4 is 5.73 Å². The van der Waals surface area contributed by atoms with Crippen LogP contribution in [0.4, 0.5) is 0 Å². The Morgan fingerprint density at radius 3 is 2.84 bits per heavy atom. The average molecular weight is 256 g/mol. The van der Waals surface area contributed by atoms with Crippen molar-refractivity contribution in [1.82, 2.24) is 14.5 Å². The maximum absolute atomic E-state index is 11.7. The van der Waals surface area contributed by atoms with Gasteiger partial charge in [-0.25, -0.2) is 9.97 Å². The van der Waals surface area contributed by atoms with Crippen molar-refractivity contribution >= 4 is 5.91 Å². The minimum Gasteiger partial charge on any atom is -0.365 e. The predicted molar refractivity (Wildman–Crippen MR) is 71.3 cm³/mol. The lowest BCUT2D eigenvalue weighted by Crippen LogP contribution is -2.19. The summed E-state index contributed by atoms with van der Waals surface area (Å²) in [5.74, 6) is 0.956. The molecule has 0 aromatic carbocycles. The molecule has 2 N–H and O–H groups in total. The Morgan fingerprint density at radius 2 is 2.16 bits per heavy atom. The third-order valence-corrected chi connectivity index (χ3v) is 3.60. The van der Waals surface area contributed by atoms with Gasteiger partial charge in [-0.3, -0.25) is 9.36 Å². The van der Waals surface area contributed by atoms with Crippen LogP contribution in [0, 0.1) is 6.92 Å². The fraction of sp³-hybridized carbons (Fsp3) is 0.357. The van der Waals surface area contributed by atoms with Crippen LogP contribution in [0.2, 0.25) is 0 Å². The highest BCUT2D eigenvalue weighted by atomic mass is 16.1. The number of hydrogen-bond acceptors (Lipinski definition) is 3. The van der Waals surface area contributed by atoms with E-state index in [1.807, 2.05) is 17.6 Å². The van der Waals surface area contributed by atoms with Crippen molar-refractivity contribution < 1.29 is 4.79 Å². The number of nitrogens with two attached hydrogens (primary N) is 1. The van der Waals surface area contributed by atoms with Crippen LogP contribution in [0.25, 0.3) is 5.82 Å². The lowest BCUT2D eigenvalue weighted by atomic mass is 9.94. The third kappa shape index (κ3) is 2.01. The van der Waals surface area contributed by atoms with E-state index in [-0.39, 0.29) is 0 Å². The van der Waals surface area contributed by atoms with Crippen LogP contribution in [-0.2, 0) is 12.8 Å². The predicted octanol–water partition coefficient (Wildman–Crippen LogP) is 1.55. The van der Waals surface area contributed by atoms with E-state index >= 15 is 0 Å². The summed E-state index contributed by atoms with van der Waals surface area (Å²) < 4.78 is 1.81. The van der Waals surface area contributed by atoms with Crippen molar-refractivity contribution in [3.63, 3.8) is 0 Å². The monoisotopic (exact) mass is 256 g/mol. The molecule has 1 aliphatic carbocycles. The number of amides is 1. The lowest BCUT2D eigenvalue weighted by Gasteiger charge is -2.18. The number of imidazole rings is 1. The van der Waals surface area contributed by atoms with E-state index in [9.17, 15) is 4.79 Å². The van der Waals surface area contributed by atoms with Gasteiger partial charge in [-0.15, -0.1) is 0 Å². The number of rotatable bonds is 2. The highest BCUT2D eigenvalue weighted by Gasteiger charge is 2.19. The van der Waals surface area contributed by atoms with Crippen LogP contribution in [0.15, 0.2) is 18.5 Å². The summed E-state index contributed by atoms with van der Waals surface area (Å²) in [5.41, 5.74) is 8.20. The van der Waals surface area contributed by atoms with Gasteiger partial charge in [0.15, 0.2) is 5.82 Å². The first kappa shape index (κ1) is 11.9. The summed E-state index contributed by atoms with van der Waals surface area (Å²) in [5, 5.41) is 0. The minimum atomic E-state index is -0.441. The molecule has 0 atom stereocenters. The lowest BCUT2D eigenvalue weighted by molar-refractivity contribution is 0.1000. The standard InChI is InChI=1S/C14H16N4O/c1-9-16-6-7-18(9)14-11(13(15)19)8-10-4-2-3-5-12(10)17-14/h6-8H,2-5H2,1H3,(H2,15,19). The molecule has 0 aliphatic heterocycles. The maximum Gasteiger partial charge on any atom is 0.252 e. The summed E-state index contributed by atoms with van der Waals surface area (Å²) in [6.07, 6.45) is 7.75. The fourth-order valence-corrected chi connectivity index (χ4v) is 2.59. The fourth-order valence-electron chi connectivity index (χ4n) is 2.59. The molecule has 1 aliphatic rings. The zero-order chi connectivity index (χ0) is 13.4. The number of aromatic nitrogens is 3. The molecular formula is C14H16N4O. The van der Waals surface area contributed by atoms with E-state index in [1.54, 1.807) is 12.4 Å². The molecule has 19 heavy (non-hydrogen) atoms. The summed E-state index contributed by atoms with van der Waals surface area (Å²) in [7, 11) is 0. The highest BCUT2D eigenvalue weighted by molar-refractivity contribution is 5.96. The van der Waals surface area contributed by atoms with Gasteiger partial charge in [-0.05, 0) is 44.2 Å². The van der Waals surface area contributed by atoms with Crippen LogP contribution in [0.3, 0.4) is 0 Å². The molecule has 0 radical (unpaired) electrons. The molecule has 1 amide bonds. The Hall–Kier alpha value is -2.17. The number of aryl methyl sites for hydroxylation is 3. The Bertz CT molecular complexity index is 645. The number of carbonyl (C=O) groups excluding carboxylic acids is 1. The second-order valence-corrected chi connectivity index (χ2v) is 4.88. The van der Waals surface area contributed by atoms with Gasteiger partial charge in [0.2, 0.25) is 0 Å². The highest BCUT2D eigenvalue weighted by Crippen LogP contribution is 2.24. The first-order chi connectivity index (χ1) is 9.16. The van der Waals surface area contributed by atoms with E-state index in [4.69, 9.17) is 5.73 Å². The summed E-state index contributed by atoms with van der Waals surface area (Å²) >= 11 is 0. The van der Waals surface area contributed by atoms with Crippen molar-refractivity contribution in [3.05, 3.63) is 41.1 Å². The van der Waals surface area contributed by atoms with Gasteiger partial charge in [0, 0.05) is 18.1 Å². The Kier molecular flexibility index (Phi) is 2.81. The van der Waals surface area contributed by atoms with Gasteiger partial charge < -0.3 is 5.73 Å². The van der Waals surface area contributed by atoms with E-state index in [2.05, 4.69) is 9.97 Å². The summed E-state index contributed by atoms with van der Waals surface area (Å²) in [6, 6.07) is 1.90. The minimum absolute atomic E-state index is 0.441. The molecule has 5 nitrogen and oxygen atoms in total. The van der Waals surface area contributed by atoms with E-state index < -0.39 is 5.91 Å². The number of primary amides is 1. The van der Waals surface area contributed by atoms with Crippen LogP contribution >= 0.6 is 0 Å². The maximum atomic E-state index is 11.7. The van der Waals surface area contributed by atoms with E-state index in [1.165, 1.54) is 0 Å². The van der Waals surface area contributed by atoms with Crippen molar-refractivity contribution in [3.8, 4) is 5.82 Å². The SMILES string of the molecule is Cc1nccn1-c1nc2c(cc1C(N)=O)CCCC2. The van der Waals surface area contributed by atoms with Crippen LogP contribution in [0.1, 0.15) is 40.3 Å². The number of carbonyl (C=O) groups is 1. The summed E-state index contributed by atoms with van der Waals surface area (Å²) in [6.45, 7) is 1.88. The molecule has 0 bridgehead atoms. The first-order valence-electron chi connectivity index (χ1n) is 6.50. The molecule has 0 saturated carbocycles. The molecule has 0 saturated heterocycles. The third-order valence-electron chi connectivity index (χ3n) is 3.60. The molecule has 2 heterocycles. The molecule has 5 heteroatoms. The molecule has 3 rings (SSSR count). The molecular weight excluding hydrogens is 240 g/mol. The second-order valence-electron chi connectivity index (χ2n) is 4.88. The Balaban J connectivity index is 2.22. The van der Waals surface area contributed by atoms with E-state index in [0.717, 1.165) is 42.8 Å². The Morgan fingerprint density at radius 1 is 1.37 bits per heavy atom. The van der Waals surface area contributed by atoms with Crippen molar-refractivity contribution in [2.24, 2.45) is 5.73 Å². The van der Waals surface area contributed by atoms with Gasteiger partial charge in [0.05, 0.1) is 5.56 Å². The van der Waals surface area contributed by atoms with Crippen molar-refractivity contribution in [2.45, 2.75) is 32.6 Å². The quantitative estimate of drug-likeness (QED) is 0.886. The topological polar surface area (TPSA) is 73.8 Å². The molecule has 2 aromatic rings. The summed E-state index contributed by atoms with van der Waals surface area (Å²) in [4.78, 5) is 20.5. The van der Waals surface area contributed by atoms with Gasteiger partial charge in [0.25, 0.3) is 5.91 Å². The molecule has 2 aromatic heterocycles. The van der Waals surface area contributed by atoms with Gasteiger partial charge in [-0.1, -0.05) is 0 Å². The first-order valence-corrected chi connectivity index (χ1v) is 6.50. The van der Waals surface area contributed by atoms with Gasteiger partial charge >= 0.3 is 0 Å². The largest absolute Gasteiger partial charge is 0.365 e. The van der Waals surface area contributed by atoms with Crippen molar-refractivity contribution in [2.75, 3.05) is 0 Å². The molecule has 98 valence electrons. The normalized spacial score (nSPS) is 14.2. The molecule has 0 unspecified atom stereocenters. The van der Waals surface area contributed by atoms with Crippen LogP contribution in [-0.4, -0.2) is 20.4 Å². The van der Waals surface area contributed by atoms with Gasteiger partial charge in [-0.2, -0.15) is 0 Å². The van der Waals surface area contributed by atoms with Crippen LogP contribution in [0.5, 0.6) is 0 Å². The molecule has 0 fully saturated rings. The molecule has 0 spiro atoms. The Labute approximate surface area is 111 Å². The zero-order valence-electron chi connectivity index (χ0n) is 10.9. The number of nitrogens with zero attached hydrogens (tertiary/aromatic N) is 3. The number of fused-ring (bicyclic) bond motifs is 1. The van der Waals surface area contributed by atoms with E-state index in [0.29, 0.717) is 11.4 Å². The number of hydrogen-bond donors (Lipinski definition) is 1. The van der Waals surface area contributed by atoms with Gasteiger partial charge in [0.1, 0.15) is 5.82 Å². The number of pyridine rings is 1. The zero-order valence-corrected chi connectivity index (χ0v) is 10.9.